The second-order valence-electron chi connectivity index (χ2n) is 6.10. The Labute approximate surface area is 129 Å². The summed E-state index contributed by atoms with van der Waals surface area (Å²) in [5.74, 6) is -0.0646. The van der Waals surface area contributed by atoms with E-state index in [0.29, 0.717) is 18.5 Å². The number of unbranched alkanes of at least 4 members (excludes halogenated alkanes) is 1. The molecule has 0 aromatic rings. The molecule has 0 aromatic heterocycles. The van der Waals surface area contributed by atoms with E-state index in [1.165, 1.54) is 24.2 Å². The summed E-state index contributed by atoms with van der Waals surface area (Å²) in [6, 6.07) is -0.133. The number of imide groups is 1. The van der Waals surface area contributed by atoms with Gasteiger partial charge in [-0.15, -0.1) is 0 Å². The zero-order chi connectivity index (χ0) is 15.9. The molecule has 4 heteroatoms. The van der Waals surface area contributed by atoms with Crippen LogP contribution in [0.3, 0.4) is 0 Å². The Morgan fingerprint density at radius 1 is 1.14 bits per heavy atom. The van der Waals surface area contributed by atoms with Crippen LogP contribution in [0.5, 0.6) is 0 Å². The molecule has 0 bridgehead atoms. The molecule has 121 valence electrons. The fraction of sp³-hybridized carbons (Fsp3) is 0.824. The highest BCUT2D eigenvalue weighted by molar-refractivity contribution is 6.02. The van der Waals surface area contributed by atoms with E-state index in [2.05, 4.69) is 27.2 Å². The van der Waals surface area contributed by atoms with Gasteiger partial charge in [0.25, 0.3) is 0 Å². The third-order valence-electron chi connectivity index (χ3n) is 4.96. The molecule has 0 aromatic carbocycles. The first kappa shape index (κ1) is 18.0. The Bertz CT molecular complexity index is 351. The van der Waals surface area contributed by atoms with E-state index in [4.69, 9.17) is 0 Å². The predicted octanol–water partition coefficient (Wildman–Crippen LogP) is 3.86. The molecule has 1 rings (SSSR count). The van der Waals surface area contributed by atoms with Gasteiger partial charge >= 0.3 is 6.03 Å². The van der Waals surface area contributed by atoms with Gasteiger partial charge in [-0.05, 0) is 31.6 Å². The van der Waals surface area contributed by atoms with Crippen molar-refractivity contribution in [3.8, 4) is 0 Å². The van der Waals surface area contributed by atoms with E-state index >= 15 is 0 Å². The number of urea groups is 1. The largest absolute Gasteiger partial charge is 0.327 e. The molecule has 0 atom stereocenters. The smallest absolute Gasteiger partial charge is 0.315 e. The van der Waals surface area contributed by atoms with E-state index in [1.54, 1.807) is 4.90 Å². The van der Waals surface area contributed by atoms with Crippen molar-refractivity contribution < 1.29 is 9.59 Å². The molecule has 1 radical (unpaired) electrons. The van der Waals surface area contributed by atoms with Gasteiger partial charge in [-0.3, -0.25) is 9.69 Å². The lowest BCUT2D eigenvalue weighted by atomic mass is 9.74. The summed E-state index contributed by atoms with van der Waals surface area (Å²) in [6.07, 6.45) is 9.14. The predicted molar refractivity (Wildman–Crippen MR) is 85.8 cm³/mol. The lowest BCUT2D eigenvalue weighted by Crippen LogP contribution is -2.34. The molecule has 0 aliphatic carbocycles. The van der Waals surface area contributed by atoms with Crippen molar-refractivity contribution in [1.82, 2.24) is 9.80 Å². The lowest BCUT2D eigenvalue weighted by molar-refractivity contribution is -0.125. The van der Waals surface area contributed by atoms with Crippen LogP contribution in [0.15, 0.2) is 0 Å². The van der Waals surface area contributed by atoms with Gasteiger partial charge in [-0.2, -0.15) is 0 Å². The van der Waals surface area contributed by atoms with Crippen molar-refractivity contribution in [2.75, 3.05) is 19.6 Å². The summed E-state index contributed by atoms with van der Waals surface area (Å²) < 4.78 is 0. The van der Waals surface area contributed by atoms with Crippen LogP contribution in [0.4, 0.5) is 4.79 Å². The van der Waals surface area contributed by atoms with Crippen LogP contribution in [0.25, 0.3) is 0 Å². The maximum Gasteiger partial charge on any atom is 0.327 e. The van der Waals surface area contributed by atoms with Gasteiger partial charge < -0.3 is 4.90 Å². The van der Waals surface area contributed by atoms with Gasteiger partial charge in [0.2, 0.25) is 5.91 Å². The minimum absolute atomic E-state index is 0.0646. The SMILES string of the molecule is CCCCC(CC)(CC)C[CH]CN1C(=O)CN(CC)C1=O. The fourth-order valence-electron chi connectivity index (χ4n) is 3.07. The van der Waals surface area contributed by atoms with Gasteiger partial charge in [-0.25, -0.2) is 4.79 Å². The maximum atomic E-state index is 12.0. The number of hydrogen-bond donors (Lipinski definition) is 0. The molecule has 1 saturated heterocycles. The summed E-state index contributed by atoms with van der Waals surface area (Å²) in [5.41, 5.74) is 0.340. The molecule has 0 unspecified atom stereocenters. The van der Waals surface area contributed by atoms with Crippen molar-refractivity contribution in [3.05, 3.63) is 6.42 Å². The average molecular weight is 295 g/mol. The Morgan fingerprint density at radius 3 is 2.29 bits per heavy atom. The minimum atomic E-state index is -0.133. The van der Waals surface area contributed by atoms with Gasteiger partial charge in [0.05, 0.1) is 0 Å². The molecule has 21 heavy (non-hydrogen) atoms. The molecule has 0 N–H and O–H groups in total. The molecule has 4 nitrogen and oxygen atoms in total. The summed E-state index contributed by atoms with van der Waals surface area (Å²) in [6.45, 7) is 9.93. The van der Waals surface area contributed by atoms with Gasteiger partial charge in [0, 0.05) is 13.1 Å². The Balaban J connectivity index is 2.50. The van der Waals surface area contributed by atoms with Gasteiger partial charge in [-0.1, -0.05) is 46.5 Å². The summed E-state index contributed by atoms with van der Waals surface area (Å²) in [5, 5.41) is 0. The first-order valence-electron chi connectivity index (χ1n) is 8.44. The van der Waals surface area contributed by atoms with Crippen LogP contribution in [-0.2, 0) is 4.79 Å². The molecule has 0 spiro atoms. The number of amides is 3. The van der Waals surface area contributed by atoms with Crippen molar-refractivity contribution in [2.24, 2.45) is 5.41 Å². The molecule has 0 saturated carbocycles. The van der Waals surface area contributed by atoms with E-state index in [1.807, 2.05) is 6.92 Å². The topological polar surface area (TPSA) is 40.6 Å². The second kappa shape index (κ2) is 8.40. The highest BCUT2D eigenvalue weighted by atomic mass is 16.2. The molecular formula is C17H31N2O2. The van der Waals surface area contributed by atoms with E-state index in [9.17, 15) is 9.59 Å². The number of rotatable bonds is 10. The molecular weight excluding hydrogens is 264 g/mol. The van der Waals surface area contributed by atoms with Gasteiger partial charge in [0.1, 0.15) is 6.54 Å². The van der Waals surface area contributed by atoms with Crippen molar-refractivity contribution in [1.29, 1.82) is 0 Å². The van der Waals surface area contributed by atoms with E-state index < -0.39 is 0 Å². The Hall–Kier alpha value is -1.06. The van der Waals surface area contributed by atoms with E-state index in [-0.39, 0.29) is 18.5 Å². The molecule has 1 aliphatic heterocycles. The van der Waals surface area contributed by atoms with Crippen molar-refractivity contribution >= 4 is 11.9 Å². The zero-order valence-corrected chi connectivity index (χ0v) is 14.2. The van der Waals surface area contributed by atoms with Crippen LogP contribution in [0.2, 0.25) is 0 Å². The molecule has 1 heterocycles. The molecule has 1 aliphatic rings. The minimum Gasteiger partial charge on any atom is -0.315 e. The first-order chi connectivity index (χ1) is 10.0. The Morgan fingerprint density at radius 2 is 1.81 bits per heavy atom. The van der Waals surface area contributed by atoms with E-state index in [0.717, 1.165) is 19.3 Å². The number of carbonyl (C=O) groups is 2. The van der Waals surface area contributed by atoms with Crippen LogP contribution in [0, 0.1) is 11.8 Å². The average Bonchev–Trinajstić information content (AvgIpc) is 2.78. The van der Waals surface area contributed by atoms with Crippen LogP contribution >= 0.6 is 0 Å². The van der Waals surface area contributed by atoms with Crippen LogP contribution in [-0.4, -0.2) is 41.4 Å². The normalized spacial score (nSPS) is 16.2. The molecule has 1 fully saturated rings. The Kier molecular flexibility index (Phi) is 7.20. The quantitative estimate of drug-likeness (QED) is 0.574. The highest BCUT2D eigenvalue weighted by Crippen LogP contribution is 2.37. The third-order valence-corrected chi connectivity index (χ3v) is 4.96. The third kappa shape index (κ3) is 4.45. The maximum absolute atomic E-state index is 12.0. The summed E-state index contributed by atoms with van der Waals surface area (Å²) >= 11 is 0. The van der Waals surface area contributed by atoms with Gasteiger partial charge in [0.15, 0.2) is 0 Å². The van der Waals surface area contributed by atoms with Crippen molar-refractivity contribution in [2.45, 2.75) is 66.2 Å². The molecule has 3 amide bonds. The van der Waals surface area contributed by atoms with Crippen molar-refractivity contribution in [3.63, 3.8) is 0 Å². The summed E-state index contributed by atoms with van der Waals surface area (Å²) in [7, 11) is 0. The summed E-state index contributed by atoms with van der Waals surface area (Å²) in [4.78, 5) is 26.9. The monoisotopic (exact) mass is 295 g/mol. The lowest BCUT2D eigenvalue weighted by Gasteiger charge is -2.32. The highest BCUT2D eigenvalue weighted by Gasteiger charge is 2.35. The standard InChI is InChI=1S/C17H31N2O2/c1-5-9-11-17(6-2,7-3)12-10-13-19-15(20)14-18(8-4)16(19)21/h10H,5-9,11-14H2,1-4H3. The second-order valence-corrected chi connectivity index (χ2v) is 6.10. The number of carbonyl (C=O) groups excluding carboxylic acids is 2. The first-order valence-corrected chi connectivity index (χ1v) is 8.44. The number of nitrogens with zero attached hydrogens (tertiary/aromatic N) is 2. The fourth-order valence-corrected chi connectivity index (χ4v) is 3.07. The number of hydrogen-bond acceptors (Lipinski definition) is 2. The van der Waals surface area contributed by atoms with Crippen LogP contribution in [0.1, 0.15) is 66.2 Å². The van der Waals surface area contributed by atoms with Crippen LogP contribution < -0.4 is 0 Å². The zero-order valence-electron chi connectivity index (χ0n) is 14.2. The number of likely N-dealkylation sites (N-methyl/N-ethyl adjacent to an activating group) is 1.